The number of fused-ring (bicyclic) bond motifs is 1. The fraction of sp³-hybridized carbons (Fsp3) is 0.250. The van der Waals surface area contributed by atoms with Gasteiger partial charge in [0.25, 0.3) is 11.2 Å². The number of imidazole rings is 1. The Morgan fingerprint density at radius 2 is 1.96 bits per heavy atom. The van der Waals surface area contributed by atoms with Crippen molar-refractivity contribution < 1.29 is 14.5 Å². The fourth-order valence-electron chi connectivity index (χ4n) is 2.68. The molecule has 26 heavy (non-hydrogen) atoms. The highest BCUT2D eigenvalue weighted by Gasteiger charge is 2.27. The van der Waals surface area contributed by atoms with Crippen LogP contribution in [0.3, 0.4) is 0 Å². The van der Waals surface area contributed by atoms with Crippen molar-refractivity contribution in [2.75, 3.05) is 5.75 Å². The van der Waals surface area contributed by atoms with Crippen LogP contribution in [-0.2, 0) is 25.4 Å². The molecule has 0 spiro atoms. The number of hydrogen-bond acceptors (Lipinski definition) is 4. The molecule has 0 saturated heterocycles. The van der Waals surface area contributed by atoms with Gasteiger partial charge in [0.2, 0.25) is 0 Å². The number of halogens is 1. The predicted molar refractivity (Wildman–Crippen MR) is 97.9 cm³/mol. The summed E-state index contributed by atoms with van der Waals surface area (Å²) < 4.78 is 4.00. The Bertz CT molecular complexity index is 1130. The minimum Gasteiger partial charge on any atom is -0.481 e. The average molecular weight is 396 g/mol. The van der Waals surface area contributed by atoms with Gasteiger partial charge in [-0.15, -0.1) is 0 Å². The van der Waals surface area contributed by atoms with Gasteiger partial charge in [0.1, 0.15) is 12.3 Å². The van der Waals surface area contributed by atoms with E-state index in [4.69, 9.17) is 16.7 Å². The van der Waals surface area contributed by atoms with Crippen LogP contribution < -0.4 is 15.8 Å². The van der Waals surface area contributed by atoms with Crippen LogP contribution in [0, 0.1) is 0 Å². The van der Waals surface area contributed by atoms with Gasteiger partial charge in [-0.1, -0.05) is 29.8 Å². The summed E-state index contributed by atoms with van der Waals surface area (Å²) in [6, 6.07) is 7.19. The van der Waals surface area contributed by atoms with Crippen molar-refractivity contribution in [1.29, 1.82) is 0 Å². The van der Waals surface area contributed by atoms with Crippen LogP contribution in [0.15, 0.2) is 39.0 Å². The molecule has 136 valence electrons. The molecule has 3 aromatic rings. The number of hydrogen-bond donors (Lipinski definition) is 2. The van der Waals surface area contributed by atoms with Crippen LogP contribution in [0.25, 0.3) is 11.2 Å². The molecule has 3 rings (SSSR count). The molecule has 2 aromatic heterocycles. The number of aromatic nitrogens is 4. The summed E-state index contributed by atoms with van der Waals surface area (Å²) in [7, 11) is 2.95. The number of carboxylic acids is 1. The first-order valence-electron chi connectivity index (χ1n) is 7.60. The Labute approximate surface area is 156 Å². The summed E-state index contributed by atoms with van der Waals surface area (Å²) in [6.45, 7) is 0.259. The van der Waals surface area contributed by atoms with Crippen LogP contribution in [0.1, 0.15) is 5.56 Å². The van der Waals surface area contributed by atoms with Crippen molar-refractivity contribution in [3.05, 3.63) is 55.7 Å². The second-order valence-electron chi connectivity index (χ2n) is 5.69. The van der Waals surface area contributed by atoms with Gasteiger partial charge in [-0.05, 0) is 17.8 Å². The first-order valence-corrected chi connectivity index (χ1v) is 8.97. The van der Waals surface area contributed by atoms with Crippen molar-refractivity contribution in [3.63, 3.8) is 0 Å². The second kappa shape index (κ2) is 7.00. The molecule has 0 bridgehead atoms. The largest absolute Gasteiger partial charge is 0.481 e. The molecule has 0 saturated carbocycles. The number of aryl methyl sites for hydroxylation is 1. The number of carboxylic acid groups (broad SMARTS) is 1. The van der Waals surface area contributed by atoms with E-state index in [1.54, 1.807) is 23.7 Å². The molecule has 0 amide bonds. The van der Waals surface area contributed by atoms with Gasteiger partial charge in [0, 0.05) is 24.7 Å². The summed E-state index contributed by atoms with van der Waals surface area (Å²) in [5, 5.41) is 9.98. The Morgan fingerprint density at radius 1 is 1.27 bits per heavy atom. The molecule has 8 nitrogen and oxygen atoms in total. The van der Waals surface area contributed by atoms with Crippen molar-refractivity contribution in [3.8, 4) is 0 Å². The standard InChI is InChI=1S/C16H15ClN4O4S/c1-19-13-12(14(24)20(2)16(19)25)21(15(18-13)26-8-11(22)23)7-9-5-3-4-6-10(9)17/h3-6H,7-8H2,1-2H3,(H,22,23)/p+1. The third-order valence-corrected chi connectivity index (χ3v) is 5.36. The number of benzene rings is 1. The third kappa shape index (κ3) is 3.15. The van der Waals surface area contributed by atoms with Crippen LogP contribution in [0.5, 0.6) is 0 Å². The highest BCUT2D eigenvalue weighted by molar-refractivity contribution is 7.99. The van der Waals surface area contributed by atoms with E-state index in [9.17, 15) is 14.4 Å². The maximum absolute atomic E-state index is 12.7. The van der Waals surface area contributed by atoms with E-state index in [2.05, 4.69) is 4.98 Å². The summed E-state index contributed by atoms with van der Waals surface area (Å²) >= 11 is 7.27. The van der Waals surface area contributed by atoms with Gasteiger partial charge in [0.15, 0.2) is 0 Å². The van der Waals surface area contributed by atoms with Crippen LogP contribution in [0.2, 0.25) is 5.02 Å². The minimum atomic E-state index is -0.986. The van der Waals surface area contributed by atoms with E-state index in [1.165, 1.54) is 11.6 Å². The Kier molecular flexibility index (Phi) is 4.92. The number of rotatable bonds is 5. The average Bonchev–Trinajstić information content (AvgIpc) is 2.97. The fourth-order valence-corrected chi connectivity index (χ4v) is 3.61. The lowest BCUT2D eigenvalue weighted by atomic mass is 10.2. The first kappa shape index (κ1) is 18.3. The lowest BCUT2D eigenvalue weighted by Gasteiger charge is -2.05. The molecule has 0 aliphatic heterocycles. The molecule has 0 fully saturated rings. The van der Waals surface area contributed by atoms with Gasteiger partial charge in [-0.2, -0.15) is 0 Å². The van der Waals surface area contributed by atoms with Crippen molar-refractivity contribution in [2.45, 2.75) is 11.7 Å². The Balaban J connectivity index is 2.28. The van der Waals surface area contributed by atoms with Gasteiger partial charge < -0.3 is 5.11 Å². The van der Waals surface area contributed by atoms with E-state index in [0.717, 1.165) is 21.9 Å². The summed E-state index contributed by atoms with van der Waals surface area (Å²) in [4.78, 5) is 38.8. The quantitative estimate of drug-likeness (QED) is 0.490. The van der Waals surface area contributed by atoms with Crippen LogP contribution in [0.4, 0.5) is 0 Å². The van der Waals surface area contributed by atoms with Crippen LogP contribution >= 0.6 is 23.4 Å². The smallest absolute Gasteiger partial charge is 0.333 e. The zero-order chi connectivity index (χ0) is 19.0. The van der Waals surface area contributed by atoms with Gasteiger partial charge in [-0.3, -0.25) is 18.7 Å². The molecule has 2 heterocycles. The number of aliphatic carboxylic acids is 1. The van der Waals surface area contributed by atoms with E-state index in [0.29, 0.717) is 15.8 Å². The molecule has 0 atom stereocenters. The number of nitrogens with zero attached hydrogens (tertiary/aromatic N) is 3. The van der Waals surface area contributed by atoms with Crippen LogP contribution in [-0.4, -0.2) is 30.9 Å². The summed E-state index contributed by atoms with van der Waals surface area (Å²) in [6.07, 6.45) is 0. The molecule has 2 N–H and O–H groups in total. The molecule has 0 aliphatic carbocycles. The van der Waals surface area contributed by atoms with Gasteiger partial charge in [-0.25, -0.2) is 14.3 Å². The SMILES string of the molecule is Cn1c(=O)c2c([nH]c(SCC(=O)O)[n+]2Cc2ccccc2Cl)n(C)c1=O. The molecular formula is C16H16ClN4O4S+. The van der Waals surface area contributed by atoms with Gasteiger partial charge >= 0.3 is 22.4 Å². The normalized spacial score (nSPS) is 11.2. The molecular weight excluding hydrogens is 380 g/mol. The molecule has 0 aliphatic rings. The minimum absolute atomic E-state index is 0.191. The zero-order valence-corrected chi connectivity index (χ0v) is 15.6. The van der Waals surface area contributed by atoms with Crippen molar-refractivity contribution >= 4 is 40.5 Å². The predicted octanol–water partition coefficient (Wildman–Crippen LogP) is 0.731. The van der Waals surface area contributed by atoms with Crippen molar-refractivity contribution in [1.82, 2.24) is 14.1 Å². The lowest BCUT2D eigenvalue weighted by molar-refractivity contribution is -0.700. The number of carbonyl (C=O) groups is 1. The monoisotopic (exact) mass is 395 g/mol. The lowest BCUT2D eigenvalue weighted by Crippen LogP contribution is -2.44. The molecule has 0 unspecified atom stereocenters. The molecule has 10 heteroatoms. The third-order valence-electron chi connectivity index (χ3n) is 4.00. The Hall–Kier alpha value is -2.52. The highest BCUT2D eigenvalue weighted by atomic mass is 35.5. The molecule has 0 radical (unpaired) electrons. The van der Waals surface area contributed by atoms with E-state index >= 15 is 0 Å². The zero-order valence-electron chi connectivity index (χ0n) is 14.0. The summed E-state index contributed by atoms with van der Waals surface area (Å²) in [5.74, 6) is -1.18. The first-order chi connectivity index (χ1) is 12.3. The number of thioether (sulfide) groups is 1. The number of nitrogens with one attached hydrogen (secondary N) is 1. The molecule has 1 aromatic carbocycles. The highest BCUT2D eigenvalue weighted by Crippen LogP contribution is 2.19. The summed E-state index contributed by atoms with van der Waals surface area (Å²) in [5.41, 5.74) is 0.450. The van der Waals surface area contributed by atoms with E-state index in [-0.39, 0.29) is 17.8 Å². The van der Waals surface area contributed by atoms with Crippen molar-refractivity contribution in [2.24, 2.45) is 14.1 Å². The number of H-pyrrole nitrogens is 1. The maximum atomic E-state index is 12.7. The van der Waals surface area contributed by atoms with Gasteiger partial charge in [0.05, 0.1) is 0 Å². The Morgan fingerprint density at radius 3 is 2.62 bits per heavy atom. The van der Waals surface area contributed by atoms with E-state index in [1.807, 2.05) is 12.1 Å². The second-order valence-corrected chi connectivity index (χ2v) is 7.06. The number of aromatic amines is 1. The topological polar surface area (TPSA) is 101 Å². The maximum Gasteiger partial charge on any atom is 0.333 e. The van der Waals surface area contributed by atoms with E-state index < -0.39 is 17.2 Å².